The van der Waals surface area contributed by atoms with Crippen molar-refractivity contribution >= 4 is 17.5 Å². The van der Waals surface area contributed by atoms with Gasteiger partial charge in [-0.05, 0) is 51.3 Å². The Morgan fingerprint density at radius 3 is 2.46 bits per heavy atom. The second-order valence-corrected chi connectivity index (χ2v) is 6.25. The van der Waals surface area contributed by atoms with E-state index in [2.05, 4.69) is 44.6 Å². The summed E-state index contributed by atoms with van der Waals surface area (Å²) in [5.74, 6) is 1.34. The van der Waals surface area contributed by atoms with Gasteiger partial charge >= 0.3 is 0 Å². The van der Waals surface area contributed by atoms with Crippen molar-refractivity contribution in [3.8, 4) is 11.4 Å². The number of rotatable bonds is 8. The maximum Gasteiger partial charge on any atom is 0.225 e. The van der Waals surface area contributed by atoms with Crippen LogP contribution < -0.4 is 10.6 Å². The molecule has 2 N–H and O–H groups in total. The van der Waals surface area contributed by atoms with Crippen molar-refractivity contribution in [2.45, 2.75) is 6.42 Å². The van der Waals surface area contributed by atoms with Gasteiger partial charge in [0.25, 0.3) is 0 Å². The third kappa shape index (κ3) is 5.26. The molecule has 0 fully saturated rings. The molecule has 6 nitrogen and oxygen atoms in total. The van der Waals surface area contributed by atoms with E-state index in [1.807, 2.05) is 54.6 Å². The van der Waals surface area contributed by atoms with Gasteiger partial charge in [0, 0.05) is 24.5 Å². The fourth-order valence-electron chi connectivity index (χ4n) is 2.50. The zero-order chi connectivity index (χ0) is 18.2. The number of anilines is 3. The van der Waals surface area contributed by atoms with E-state index in [9.17, 15) is 0 Å². The molecule has 0 bridgehead atoms. The highest BCUT2D eigenvalue weighted by Gasteiger charge is 2.08. The van der Waals surface area contributed by atoms with E-state index in [4.69, 9.17) is 0 Å². The minimum absolute atomic E-state index is 0.602. The van der Waals surface area contributed by atoms with Crippen LogP contribution in [0.1, 0.15) is 6.42 Å². The predicted molar refractivity (Wildman–Crippen MR) is 107 cm³/mol. The first kappa shape index (κ1) is 17.8. The van der Waals surface area contributed by atoms with Gasteiger partial charge in [-0.2, -0.15) is 4.98 Å². The van der Waals surface area contributed by atoms with Crippen LogP contribution in [0, 0.1) is 0 Å². The topological polar surface area (TPSA) is 66.0 Å². The van der Waals surface area contributed by atoms with Gasteiger partial charge in [0.15, 0.2) is 0 Å². The Kier molecular flexibility index (Phi) is 6.11. The van der Waals surface area contributed by atoms with Gasteiger partial charge in [0.2, 0.25) is 5.95 Å². The lowest BCUT2D eigenvalue weighted by Gasteiger charge is -2.12. The summed E-state index contributed by atoms with van der Waals surface area (Å²) in [5.41, 5.74) is 2.59. The Morgan fingerprint density at radius 1 is 0.923 bits per heavy atom. The Labute approximate surface area is 154 Å². The largest absolute Gasteiger partial charge is 0.354 e. The highest BCUT2D eigenvalue weighted by molar-refractivity contribution is 5.65. The fraction of sp³-hybridized carbons (Fsp3) is 0.250. The van der Waals surface area contributed by atoms with Gasteiger partial charge < -0.3 is 15.5 Å². The fourth-order valence-corrected chi connectivity index (χ4v) is 2.50. The number of hydrogen-bond donors (Lipinski definition) is 2. The molecule has 0 spiro atoms. The Hall–Kier alpha value is -2.99. The molecule has 134 valence electrons. The van der Waals surface area contributed by atoms with Crippen LogP contribution in [0.4, 0.5) is 17.5 Å². The molecule has 0 aliphatic rings. The minimum atomic E-state index is 0.602. The molecule has 0 aliphatic heterocycles. The van der Waals surface area contributed by atoms with Crippen LogP contribution in [0.3, 0.4) is 0 Å². The van der Waals surface area contributed by atoms with Crippen molar-refractivity contribution in [1.82, 2.24) is 19.9 Å². The summed E-state index contributed by atoms with van der Waals surface area (Å²) in [6.45, 7) is 1.83. The molecule has 0 amide bonds. The van der Waals surface area contributed by atoms with Gasteiger partial charge in [-0.1, -0.05) is 24.3 Å². The van der Waals surface area contributed by atoms with Gasteiger partial charge in [0.1, 0.15) is 5.82 Å². The quantitative estimate of drug-likeness (QED) is 0.606. The van der Waals surface area contributed by atoms with Gasteiger partial charge in [-0.3, -0.25) is 4.98 Å². The molecule has 26 heavy (non-hydrogen) atoms. The summed E-state index contributed by atoms with van der Waals surface area (Å²) >= 11 is 0. The summed E-state index contributed by atoms with van der Waals surface area (Å²) in [6.07, 6.45) is 2.79. The minimum Gasteiger partial charge on any atom is -0.354 e. The molecule has 2 aromatic heterocycles. The zero-order valence-corrected chi connectivity index (χ0v) is 15.2. The number of nitrogens with zero attached hydrogens (tertiary/aromatic N) is 4. The monoisotopic (exact) mass is 348 g/mol. The van der Waals surface area contributed by atoms with Crippen LogP contribution in [-0.4, -0.2) is 47.0 Å². The molecule has 0 atom stereocenters. The molecule has 2 heterocycles. The molecule has 1 aromatic carbocycles. The van der Waals surface area contributed by atoms with E-state index in [1.165, 1.54) is 0 Å². The number of para-hydroxylation sites is 1. The molecular weight excluding hydrogens is 324 g/mol. The van der Waals surface area contributed by atoms with Crippen LogP contribution in [-0.2, 0) is 0 Å². The lowest BCUT2D eigenvalue weighted by atomic mass is 10.2. The molecule has 0 radical (unpaired) electrons. The van der Waals surface area contributed by atoms with Crippen LogP contribution >= 0.6 is 0 Å². The van der Waals surface area contributed by atoms with Crippen LogP contribution in [0.2, 0.25) is 0 Å². The summed E-state index contributed by atoms with van der Waals surface area (Å²) in [6, 6.07) is 17.7. The molecule has 0 aliphatic carbocycles. The smallest absolute Gasteiger partial charge is 0.225 e. The van der Waals surface area contributed by atoms with Crippen molar-refractivity contribution in [1.29, 1.82) is 0 Å². The SMILES string of the molecule is CN(C)CCCNc1nc(Nc2ccccc2)cc(-c2ccccn2)n1. The third-order valence-electron chi connectivity index (χ3n) is 3.76. The predicted octanol–water partition coefficient (Wildman–Crippen LogP) is 3.65. The average molecular weight is 348 g/mol. The first-order chi connectivity index (χ1) is 12.7. The zero-order valence-electron chi connectivity index (χ0n) is 15.2. The lowest BCUT2D eigenvalue weighted by molar-refractivity contribution is 0.405. The number of benzene rings is 1. The maximum atomic E-state index is 4.62. The van der Waals surface area contributed by atoms with Crippen LogP contribution in [0.5, 0.6) is 0 Å². The molecule has 0 unspecified atom stereocenters. The van der Waals surface area contributed by atoms with Crippen molar-refractivity contribution in [2.75, 3.05) is 37.8 Å². The first-order valence-electron chi connectivity index (χ1n) is 8.72. The number of aromatic nitrogens is 3. The van der Waals surface area contributed by atoms with Gasteiger partial charge in [-0.15, -0.1) is 0 Å². The number of nitrogens with one attached hydrogen (secondary N) is 2. The number of hydrogen-bond acceptors (Lipinski definition) is 6. The highest BCUT2D eigenvalue weighted by Crippen LogP contribution is 2.22. The van der Waals surface area contributed by atoms with E-state index in [0.29, 0.717) is 5.95 Å². The van der Waals surface area contributed by atoms with E-state index in [-0.39, 0.29) is 0 Å². The summed E-state index contributed by atoms with van der Waals surface area (Å²) in [7, 11) is 4.14. The maximum absolute atomic E-state index is 4.62. The van der Waals surface area contributed by atoms with Crippen molar-refractivity contribution in [2.24, 2.45) is 0 Å². The molecule has 3 rings (SSSR count). The summed E-state index contributed by atoms with van der Waals surface area (Å²) in [5, 5.41) is 6.66. The first-order valence-corrected chi connectivity index (χ1v) is 8.72. The van der Waals surface area contributed by atoms with Crippen LogP contribution in [0.25, 0.3) is 11.4 Å². The standard InChI is InChI=1S/C20H24N6/c1-26(2)14-8-13-22-20-24-18(17-11-6-7-12-21-17)15-19(25-20)23-16-9-4-3-5-10-16/h3-7,9-12,15H,8,13-14H2,1-2H3,(H2,22,23,24,25). The van der Waals surface area contributed by atoms with E-state index >= 15 is 0 Å². The molecule has 0 saturated carbocycles. The second kappa shape index (κ2) is 8.92. The van der Waals surface area contributed by atoms with Gasteiger partial charge in [-0.25, -0.2) is 4.98 Å². The van der Waals surface area contributed by atoms with Gasteiger partial charge in [0.05, 0.1) is 11.4 Å². The van der Waals surface area contributed by atoms with Crippen molar-refractivity contribution in [3.05, 3.63) is 60.8 Å². The molecule has 3 aromatic rings. The lowest BCUT2D eigenvalue weighted by Crippen LogP contribution is -2.17. The summed E-state index contributed by atoms with van der Waals surface area (Å²) < 4.78 is 0. The van der Waals surface area contributed by atoms with Crippen molar-refractivity contribution in [3.63, 3.8) is 0 Å². The molecule has 0 saturated heterocycles. The normalized spacial score (nSPS) is 10.7. The summed E-state index contributed by atoms with van der Waals surface area (Å²) in [4.78, 5) is 15.8. The number of pyridine rings is 1. The molecule has 6 heteroatoms. The Bertz CT molecular complexity index is 805. The molecular formula is C20H24N6. The highest BCUT2D eigenvalue weighted by atomic mass is 15.1. The average Bonchev–Trinajstić information content (AvgIpc) is 2.66. The van der Waals surface area contributed by atoms with Crippen LogP contribution in [0.15, 0.2) is 60.8 Å². The third-order valence-corrected chi connectivity index (χ3v) is 3.76. The van der Waals surface area contributed by atoms with E-state index in [0.717, 1.165) is 42.4 Å². The van der Waals surface area contributed by atoms with E-state index in [1.54, 1.807) is 6.20 Å². The Balaban J connectivity index is 1.82. The second-order valence-electron chi connectivity index (χ2n) is 6.25. The van der Waals surface area contributed by atoms with E-state index < -0.39 is 0 Å². The Morgan fingerprint density at radius 2 is 1.73 bits per heavy atom. The van der Waals surface area contributed by atoms with Crippen molar-refractivity contribution < 1.29 is 0 Å².